The smallest absolute Gasteiger partial charge is 0.254 e. The van der Waals surface area contributed by atoms with Gasteiger partial charge in [-0.1, -0.05) is 18.2 Å². The average Bonchev–Trinajstić information content (AvgIpc) is 4.08. The van der Waals surface area contributed by atoms with E-state index in [1.165, 1.54) is 42.1 Å². The molecular weight excluding hydrogens is 600 g/mol. The topological polar surface area (TPSA) is 98.6 Å². The molecule has 9 nitrogen and oxygen atoms in total. The number of fused-ring (bicyclic) bond motifs is 4. The van der Waals surface area contributed by atoms with Gasteiger partial charge in [0.25, 0.3) is 5.91 Å². The number of aryl methyl sites for hydroxylation is 1. The first-order valence-corrected chi connectivity index (χ1v) is 18.4. The molecule has 2 bridgehead atoms. The third-order valence-electron chi connectivity index (χ3n) is 13.3. The molecule has 2 aliphatic heterocycles. The van der Waals surface area contributed by atoms with Crippen molar-refractivity contribution in [1.29, 1.82) is 0 Å². The lowest BCUT2D eigenvalue weighted by Gasteiger charge is -2.33. The summed E-state index contributed by atoms with van der Waals surface area (Å²) in [4.78, 5) is 36.4. The monoisotopic (exact) mass is 646 g/mol. The van der Waals surface area contributed by atoms with Gasteiger partial charge in [-0.3, -0.25) is 9.59 Å². The number of ether oxygens (including phenoxy) is 1. The van der Waals surface area contributed by atoms with Crippen molar-refractivity contribution in [3.63, 3.8) is 0 Å². The van der Waals surface area contributed by atoms with Crippen LogP contribution in [0.5, 0.6) is 5.75 Å². The fourth-order valence-electron chi connectivity index (χ4n) is 9.92. The van der Waals surface area contributed by atoms with Crippen LogP contribution in [0.3, 0.4) is 0 Å². The third-order valence-corrected chi connectivity index (χ3v) is 13.3. The minimum Gasteiger partial charge on any atom is -0.494 e. The lowest BCUT2D eigenvalue weighted by molar-refractivity contribution is -0.134. The van der Waals surface area contributed by atoms with Gasteiger partial charge in [-0.15, -0.1) is 0 Å². The molecule has 1 unspecified atom stereocenters. The third kappa shape index (κ3) is 4.35. The number of methoxy groups -OCH3 is 1. The van der Waals surface area contributed by atoms with Gasteiger partial charge in [-0.25, -0.2) is 4.98 Å². The number of para-hydroxylation sites is 1. The minimum atomic E-state index is 0.0227. The van der Waals surface area contributed by atoms with E-state index in [4.69, 9.17) is 15.5 Å². The molecule has 2 aromatic carbocycles. The number of likely N-dealkylation sites (tertiary alicyclic amines) is 2. The number of hydrogen-bond donors (Lipinski definition) is 1. The van der Waals surface area contributed by atoms with Crippen LogP contribution in [0.1, 0.15) is 79.6 Å². The maximum absolute atomic E-state index is 13.8. The Bertz CT molecular complexity index is 1990. The molecule has 4 aliphatic carbocycles. The van der Waals surface area contributed by atoms with Crippen LogP contribution in [0.4, 0.5) is 0 Å². The second kappa shape index (κ2) is 10.3. The predicted molar refractivity (Wildman–Crippen MR) is 185 cm³/mol. The Kier molecular flexibility index (Phi) is 6.26. The Morgan fingerprint density at radius 3 is 2.50 bits per heavy atom. The van der Waals surface area contributed by atoms with Gasteiger partial charge in [0.15, 0.2) is 5.82 Å². The Balaban J connectivity index is 1.01. The summed E-state index contributed by atoms with van der Waals surface area (Å²) in [6.45, 7) is 3.43. The van der Waals surface area contributed by atoms with Crippen LogP contribution < -0.4 is 10.5 Å². The largest absolute Gasteiger partial charge is 0.494 e. The van der Waals surface area contributed by atoms with Crippen LogP contribution >= 0.6 is 0 Å². The van der Waals surface area contributed by atoms with E-state index in [2.05, 4.69) is 45.3 Å². The molecule has 48 heavy (non-hydrogen) atoms. The quantitative estimate of drug-likeness (QED) is 0.279. The molecule has 9 heteroatoms. The fourth-order valence-corrected chi connectivity index (χ4v) is 9.92. The molecule has 6 fully saturated rings. The van der Waals surface area contributed by atoms with Crippen molar-refractivity contribution in [3.05, 3.63) is 47.5 Å². The van der Waals surface area contributed by atoms with Gasteiger partial charge in [0, 0.05) is 62.2 Å². The van der Waals surface area contributed by atoms with E-state index in [-0.39, 0.29) is 18.0 Å². The molecule has 2 N–H and O–H groups in total. The van der Waals surface area contributed by atoms with Gasteiger partial charge in [0.1, 0.15) is 11.3 Å². The lowest BCUT2D eigenvalue weighted by atomic mass is 9.88. The van der Waals surface area contributed by atoms with Gasteiger partial charge >= 0.3 is 0 Å². The highest BCUT2D eigenvalue weighted by Gasteiger charge is 2.66. The number of imidazole rings is 1. The first-order chi connectivity index (χ1) is 23.3. The van der Waals surface area contributed by atoms with Gasteiger partial charge in [-0.2, -0.15) is 0 Å². The van der Waals surface area contributed by atoms with E-state index in [9.17, 15) is 9.59 Å². The SMILES string of the molecule is COc1cc(C(=O)N2C[C@H]3CC[C@@H]2[C@@H]3N)cc2nc(-c3cc4cccc(C5CCN(C(=O)C6CC67CC7)CC5)c4n3CC3CC3)n(C)c12. The molecular formula is C39H46N6O3. The summed E-state index contributed by atoms with van der Waals surface area (Å²) in [6.07, 6.45) is 10.3. The Labute approximate surface area is 281 Å². The number of nitrogens with zero attached hydrogens (tertiary/aromatic N) is 5. The van der Waals surface area contributed by atoms with E-state index in [0.29, 0.717) is 46.3 Å². The van der Waals surface area contributed by atoms with Crippen molar-refractivity contribution >= 4 is 33.8 Å². The van der Waals surface area contributed by atoms with Crippen LogP contribution in [0.2, 0.25) is 0 Å². The molecule has 10 rings (SSSR count). The summed E-state index contributed by atoms with van der Waals surface area (Å²) >= 11 is 0. The second-order valence-electron chi connectivity index (χ2n) is 16.1. The zero-order valence-electron chi connectivity index (χ0n) is 28.2. The summed E-state index contributed by atoms with van der Waals surface area (Å²) in [5.74, 6) is 3.80. The van der Waals surface area contributed by atoms with Crippen LogP contribution in [-0.4, -0.2) is 74.6 Å². The second-order valence-corrected chi connectivity index (χ2v) is 16.1. The van der Waals surface area contributed by atoms with Gasteiger partial charge in [-0.05, 0) is 105 Å². The molecule has 4 aromatic rings. The van der Waals surface area contributed by atoms with E-state index in [1.54, 1.807) is 7.11 Å². The zero-order valence-corrected chi connectivity index (χ0v) is 28.2. The first-order valence-electron chi connectivity index (χ1n) is 18.4. The summed E-state index contributed by atoms with van der Waals surface area (Å²) in [5.41, 5.74) is 13.0. The summed E-state index contributed by atoms with van der Waals surface area (Å²) in [6, 6.07) is 13.1. The number of aromatic nitrogens is 3. The van der Waals surface area contributed by atoms with E-state index in [0.717, 1.165) is 80.8 Å². The number of carbonyl (C=O) groups is 2. The van der Waals surface area contributed by atoms with Crippen molar-refractivity contribution in [2.24, 2.45) is 36.0 Å². The van der Waals surface area contributed by atoms with E-state index < -0.39 is 0 Å². The number of hydrogen-bond acceptors (Lipinski definition) is 5. The highest BCUT2D eigenvalue weighted by Crippen LogP contribution is 2.71. The van der Waals surface area contributed by atoms with Crippen molar-refractivity contribution in [1.82, 2.24) is 23.9 Å². The fraction of sp³-hybridized carbons (Fsp3) is 0.564. The molecule has 4 saturated carbocycles. The molecule has 250 valence electrons. The average molecular weight is 647 g/mol. The Morgan fingerprint density at radius 2 is 1.83 bits per heavy atom. The maximum Gasteiger partial charge on any atom is 0.254 e. The normalized spacial score (nSPS) is 27.5. The highest BCUT2D eigenvalue weighted by atomic mass is 16.5. The Hall–Kier alpha value is -3.85. The van der Waals surface area contributed by atoms with Crippen molar-refractivity contribution in [2.75, 3.05) is 26.7 Å². The van der Waals surface area contributed by atoms with Gasteiger partial charge in [0.2, 0.25) is 5.91 Å². The molecule has 6 aliphatic rings. The molecule has 0 radical (unpaired) electrons. The maximum atomic E-state index is 13.8. The lowest BCUT2D eigenvalue weighted by Crippen LogP contribution is -2.41. The molecule has 4 heterocycles. The zero-order chi connectivity index (χ0) is 32.5. The minimum absolute atomic E-state index is 0.0227. The Morgan fingerprint density at radius 1 is 1.02 bits per heavy atom. The van der Waals surface area contributed by atoms with Crippen molar-refractivity contribution < 1.29 is 14.3 Å². The van der Waals surface area contributed by atoms with Crippen molar-refractivity contribution in [3.8, 4) is 17.3 Å². The molecule has 2 amide bonds. The number of carbonyl (C=O) groups excluding carboxylic acids is 2. The predicted octanol–water partition coefficient (Wildman–Crippen LogP) is 5.68. The van der Waals surface area contributed by atoms with Gasteiger partial charge in [0.05, 0.1) is 23.8 Å². The van der Waals surface area contributed by atoms with Crippen LogP contribution in [0, 0.1) is 23.2 Å². The molecule has 2 saturated heterocycles. The number of rotatable bonds is 7. The van der Waals surface area contributed by atoms with Crippen LogP contribution in [0.25, 0.3) is 33.5 Å². The highest BCUT2D eigenvalue weighted by molar-refractivity contribution is 6.00. The number of benzene rings is 2. The number of nitrogens with two attached hydrogens (primary N) is 1. The summed E-state index contributed by atoms with van der Waals surface area (Å²) < 4.78 is 10.6. The molecule has 1 spiro atoms. The van der Waals surface area contributed by atoms with E-state index in [1.807, 2.05) is 17.0 Å². The van der Waals surface area contributed by atoms with Crippen molar-refractivity contribution in [2.45, 2.75) is 82.3 Å². The number of amides is 2. The summed E-state index contributed by atoms with van der Waals surface area (Å²) in [5, 5.41) is 1.24. The van der Waals surface area contributed by atoms with Gasteiger partial charge < -0.3 is 29.4 Å². The standard InChI is InChI=1S/C39H46N6O3/c1-42-35-29(16-26(18-32(35)48-2)37(46)45-21-25-8-9-30(45)33(25)40)41-36(42)31-17-24-4-3-5-27(34(24)44(31)20-22-6-7-22)23-10-14-43(15-11-23)38(47)28-19-39(28)12-13-39/h3-5,16-18,22-23,25,28,30,33H,6-15,19-21,40H2,1-2H3/t25-,28?,30-,33-/m1/s1. The molecule has 4 atom stereocenters. The first kappa shape index (κ1) is 29.1. The van der Waals surface area contributed by atoms with Crippen LogP contribution in [-0.2, 0) is 18.4 Å². The van der Waals surface area contributed by atoms with Crippen LogP contribution in [0.15, 0.2) is 36.4 Å². The summed E-state index contributed by atoms with van der Waals surface area (Å²) in [7, 11) is 3.73. The molecule has 2 aromatic heterocycles. The van der Waals surface area contributed by atoms with E-state index >= 15 is 0 Å². The number of piperidine rings is 2.